The molecule has 2 aromatic carbocycles. The second kappa shape index (κ2) is 7.82. The van der Waals surface area contributed by atoms with E-state index in [0.717, 1.165) is 45.5 Å². The lowest BCUT2D eigenvalue weighted by molar-refractivity contribution is 0.494. The van der Waals surface area contributed by atoms with E-state index in [-0.39, 0.29) is 0 Å². The van der Waals surface area contributed by atoms with Gasteiger partial charge in [-0.3, -0.25) is 0 Å². The van der Waals surface area contributed by atoms with Gasteiger partial charge in [0.1, 0.15) is 11.5 Å². The van der Waals surface area contributed by atoms with E-state index in [1.165, 1.54) is 16.5 Å². The van der Waals surface area contributed by atoms with Gasteiger partial charge in [0.2, 0.25) is 0 Å². The Balaban J connectivity index is 1.35. The van der Waals surface area contributed by atoms with Crippen LogP contribution in [0.1, 0.15) is 11.3 Å². The van der Waals surface area contributed by atoms with Gasteiger partial charge in [0.05, 0.1) is 6.54 Å². The first-order chi connectivity index (χ1) is 12.7. The quantitative estimate of drug-likeness (QED) is 0.323. The summed E-state index contributed by atoms with van der Waals surface area (Å²) in [6.45, 7) is 1.62. The number of para-hydroxylation sites is 1. The predicted molar refractivity (Wildman–Crippen MR) is 113 cm³/mol. The highest BCUT2D eigenvalue weighted by Crippen LogP contribution is 2.31. The molecular formula is C21H18Br2N2O. The maximum absolute atomic E-state index is 5.98. The number of furan rings is 1. The van der Waals surface area contributed by atoms with E-state index in [2.05, 4.69) is 72.6 Å². The molecule has 0 spiro atoms. The molecule has 5 heteroatoms. The Morgan fingerprint density at radius 1 is 1.00 bits per heavy atom. The Morgan fingerprint density at radius 2 is 1.88 bits per heavy atom. The van der Waals surface area contributed by atoms with Gasteiger partial charge in [-0.25, -0.2) is 0 Å². The minimum Gasteiger partial charge on any atom is -0.460 e. The van der Waals surface area contributed by atoms with Crippen molar-refractivity contribution in [3.05, 3.63) is 81.1 Å². The molecule has 4 rings (SSSR count). The van der Waals surface area contributed by atoms with Gasteiger partial charge >= 0.3 is 0 Å². The van der Waals surface area contributed by atoms with Crippen LogP contribution in [0.15, 0.2) is 74.2 Å². The first-order valence-corrected chi connectivity index (χ1v) is 10.1. The number of rotatable bonds is 6. The molecular weight excluding hydrogens is 456 g/mol. The number of benzene rings is 2. The standard InChI is InChI=1S/C21H18Br2N2O/c22-15-5-7-18(19(23)11-15)21-8-6-16(26-21)13-24-10-9-14-12-25-20-4-2-1-3-17(14)20/h1-8,11-12,24-25H,9-10,13H2. The molecule has 0 fully saturated rings. The molecule has 0 unspecified atom stereocenters. The summed E-state index contributed by atoms with van der Waals surface area (Å²) in [5, 5.41) is 4.77. The van der Waals surface area contributed by atoms with Gasteiger partial charge in [-0.2, -0.15) is 0 Å². The highest BCUT2D eigenvalue weighted by atomic mass is 79.9. The van der Waals surface area contributed by atoms with Crippen LogP contribution in [0.3, 0.4) is 0 Å². The number of nitrogens with one attached hydrogen (secondary N) is 2. The lowest BCUT2D eigenvalue weighted by Gasteiger charge is -2.04. The van der Waals surface area contributed by atoms with E-state index in [1.54, 1.807) is 0 Å². The van der Waals surface area contributed by atoms with Crippen LogP contribution in [-0.4, -0.2) is 11.5 Å². The minimum absolute atomic E-state index is 0.719. The van der Waals surface area contributed by atoms with Crippen molar-refractivity contribution in [3.8, 4) is 11.3 Å². The third kappa shape index (κ3) is 3.80. The van der Waals surface area contributed by atoms with Crippen molar-refractivity contribution in [2.75, 3.05) is 6.54 Å². The normalized spacial score (nSPS) is 11.3. The Hall–Kier alpha value is -1.82. The molecule has 2 aromatic heterocycles. The SMILES string of the molecule is Brc1ccc(-c2ccc(CNCCc3c[nH]c4ccccc34)o2)c(Br)c1. The maximum Gasteiger partial charge on any atom is 0.135 e. The van der Waals surface area contributed by atoms with Crippen molar-refractivity contribution < 1.29 is 4.42 Å². The highest BCUT2D eigenvalue weighted by Gasteiger charge is 2.09. The Morgan fingerprint density at radius 3 is 2.77 bits per heavy atom. The summed E-state index contributed by atoms with van der Waals surface area (Å²) in [7, 11) is 0. The smallest absolute Gasteiger partial charge is 0.135 e. The first kappa shape index (κ1) is 17.6. The molecule has 0 saturated heterocycles. The van der Waals surface area contributed by atoms with Crippen LogP contribution in [0.2, 0.25) is 0 Å². The van der Waals surface area contributed by atoms with Gasteiger partial charge in [-0.15, -0.1) is 0 Å². The van der Waals surface area contributed by atoms with Crippen LogP contribution >= 0.6 is 31.9 Å². The number of hydrogen-bond donors (Lipinski definition) is 2. The largest absolute Gasteiger partial charge is 0.460 e. The van der Waals surface area contributed by atoms with Gasteiger partial charge in [-0.05, 0) is 70.9 Å². The minimum atomic E-state index is 0.719. The fourth-order valence-corrected chi connectivity index (χ4v) is 4.32. The molecule has 0 aliphatic carbocycles. The van der Waals surface area contributed by atoms with E-state index in [9.17, 15) is 0 Å². The van der Waals surface area contributed by atoms with Crippen molar-refractivity contribution in [1.29, 1.82) is 0 Å². The van der Waals surface area contributed by atoms with E-state index in [4.69, 9.17) is 4.42 Å². The molecule has 2 heterocycles. The zero-order valence-corrected chi connectivity index (χ0v) is 17.2. The zero-order chi connectivity index (χ0) is 17.9. The third-order valence-corrected chi connectivity index (χ3v) is 5.55. The number of aromatic nitrogens is 1. The summed E-state index contributed by atoms with van der Waals surface area (Å²) >= 11 is 7.06. The van der Waals surface area contributed by atoms with E-state index >= 15 is 0 Å². The van der Waals surface area contributed by atoms with Crippen molar-refractivity contribution >= 4 is 42.8 Å². The molecule has 26 heavy (non-hydrogen) atoms. The second-order valence-corrected chi connectivity index (χ2v) is 7.95. The van der Waals surface area contributed by atoms with Gasteiger partial charge in [0, 0.05) is 31.6 Å². The van der Waals surface area contributed by atoms with Crippen LogP contribution in [-0.2, 0) is 13.0 Å². The van der Waals surface area contributed by atoms with Gasteiger partial charge in [0.25, 0.3) is 0 Å². The Kier molecular flexibility index (Phi) is 5.29. The molecule has 0 atom stereocenters. The molecule has 0 aliphatic heterocycles. The lowest BCUT2D eigenvalue weighted by atomic mass is 10.1. The van der Waals surface area contributed by atoms with Crippen LogP contribution in [0.25, 0.3) is 22.2 Å². The summed E-state index contributed by atoms with van der Waals surface area (Å²) in [6.07, 6.45) is 3.08. The monoisotopic (exact) mass is 472 g/mol. The maximum atomic E-state index is 5.98. The molecule has 132 valence electrons. The first-order valence-electron chi connectivity index (χ1n) is 8.50. The number of hydrogen-bond acceptors (Lipinski definition) is 2. The van der Waals surface area contributed by atoms with E-state index < -0.39 is 0 Å². The Bertz CT molecular complexity index is 1040. The molecule has 2 N–H and O–H groups in total. The van der Waals surface area contributed by atoms with Crippen LogP contribution in [0, 0.1) is 0 Å². The summed E-state index contributed by atoms with van der Waals surface area (Å²) < 4.78 is 8.04. The number of aromatic amines is 1. The number of H-pyrrole nitrogens is 1. The van der Waals surface area contributed by atoms with Gasteiger partial charge in [-0.1, -0.05) is 34.1 Å². The predicted octanol–water partition coefficient (Wildman–Crippen LogP) is 6.29. The average molecular weight is 474 g/mol. The Labute approximate surface area is 169 Å². The van der Waals surface area contributed by atoms with E-state index in [0.29, 0.717) is 0 Å². The second-order valence-electron chi connectivity index (χ2n) is 6.18. The summed E-state index contributed by atoms with van der Waals surface area (Å²) in [5.74, 6) is 1.81. The molecule has 0 radical (unpaired) electrons. The topological polar surface area (TPSA) is 41.0 Å². The van der Waals surface area contributed by atoms with Crippen molar-refractivity contribution in [1.82, 2.24) is 10.3 Å². The van der Waals surface area contributed by atoms with E-state index in [1.807, 2.05) is 30.3 Å². The molecule has 0 aliphatic rings. The number of halogens is 2. The summed E-state index contributed by atoms with van der Waals surface area (Å²) in [5.41, 5.74) is 3.59. The fraction of sp³-hybridized carbons (Fsp3) is 0.143. The van der Waals surface area contributed by atoms with Crippen molar-refractivity contribution in [2.24, 2.45) is 0 Å². The van der Waals surface area contributed by atoms with Crippen LogP contribution in [0.5, 0.6) is 0 Å². The lowest BCUT2D eigenvalue weighted by Crippen LogP contribution is -2.16. The van der Waals surface area contributed by atoms with Crippen molar-refractivity contribution in [3.63, 3.8) is 0 Å². The molecule has 0 amide bonds. The third-order valence-electron chi connectivity index (χ3n) is 4.40. The zero-order valence-electron chi connectivity index (χ0n) is 14.1. The van der Waals surface area contributed by atoms with Gasteiger partial charge < -0.3 is 14.7 Å². The summed E-state index contributed by atoms with van der Waals surface area (Å²) in [4.78, 5) is 3.32. The van der Waals surface area contributed by atoms with Crippen molar-refractivity contribution in [2.45, 2.75) is 13.0 Å². The average Bonchev–Trinajstić information content (AvgIpc) is 3.26. The van der Waals surface area contributed by atoms with Gasteiger partial charge in [0.15, 0.2) is 0 Å². The van der Waals surface area contributed by atoms with Crippen LogP contribution in [0.4, 0.5) is 0 Å². The van der Waals surface area contributed by atoms with Crippen LogP contribution < -0.4 is 5.32 Å². The molecule has 0 saturated carbocycles. The molecule has 0 bridgehead atoms. The number of fused-ring (bicyclic) bond motifs is 1. The highest BCUT2D eigenvalue weighted by molar-refractivity contribution is 9.11. The molecule has 4 aromatic rings. The summed E-state index contributed by atoms with van der Waals surface area (Å²) in [6, 6.07) is 18.5. The molecule has 3 nitrogen and oxygen atoms in total. The fourth-order valence-electron chi connectivity index (χ4n) is 3.08.